The van der Waals surface area contributed by atoms with Gasteiger partial charge in [0.25, 0.3) is 0 Å². The Kier molecular flexibility index (Phi) is 10.7. The first-order chi connectivity index (χ1) is 15.3. The number of aliphatic hydroxyl groups excluding tert-OH is 1. The van der Waals surface area contributed by atoms with E-state index in [4.69, 9.17) is 22.3 Å². The van der Waals surface area contributed by atoms with Gasteiger partial charge in [-0.25, -0.2) is 4.79 Å². The van der Waals surface area contributed by atoms with Crippen LogP contribution in [0.4, 0.5) is 0 Å². The molecule has 0 spiro atoms. The van der Waals surface area contributed by atoms with Crippen molar-refractivity contribution in [3.05, 3.63) is 0 Å². The van der Waals surface area contributed by atoms with Crippen LogP contribution in [0, 0.1) is 0 Å². The van der Waals surface area contributed by atoms with Crippen LogP contribution in [-0.2, 0) is 28.8 Å². The number of aliphatic carboxylic acids is 1. The Morgan fingerprint density at radius 2 is 1.61 bits per heavy atom. The molecule has 33 heavy (non-hydrogen) atoms. The predicted octanol–water partition coefficient (Wildman–Crippen LogP) is -3.73. The summed E-state index contributed by atoms with van der Waals surface area (Å²) in [4.78, 5) is 72.8. The molecule has 1 saturated heterocycles. The summed E-state index contributed by atoms with van der Waals surface area (Å²) in [5.74, 6) is -5.00. The van der Waals surface area contributed by atoms with Gasteiger partial charge in [0, 0.05) is 19.4 Å². The van der Waals surface area contributed by atoms with Crippen molar-refractivity contribution < 1.29 is 39.0 Å². The van der Waals surface area contributed by atoms with Crippen molar-refractivity contribution in [3.63, 3.8) is 0 Å². The van der Waals surface area contributed by atoms with Gasteiger partial charge in [-0.15, -0.1) is 0 Å². The van der Waals surface area contributed by atoms with Gasteiger partial charge in [-0.2, -0.15) is 0 Å². The van der Waals surface area contributed by atoms with E-state index in [1.165, 1.54) is 11.8 Å². The molecule has 5 atom stereocenters. The van der Waals surface area contributed by atoms with Crippen LogP contribution in [-0.4, -0.2) is 87.4 Å². The van der Waals surface area contributed by atoms with Crippen molar-refractivity contribution >= 4 is 35.5 Å². The molecular formula is C19H32N6O8. The number of hydrogen-bond donors (Lipinski definition) is 7. The van der Waals surface area contributed by atoms with E-state index in [9.17, 15) is 33.9 Å². The van der Waals surface area contributed by atoms with E-state index >= 15 is 0 Å². The highest BCUT2D eigenvalue weighted by Crippen LogP contribution is 2.20. The molecule has 5 amide bonds. The minimum atomic E-state index is -1.57. The smallest absolute Gasteiger partial charge is 0.328 e. The average molecular weight is 472 g/mol. The number of amides is 5. The molecule has 1 rings (SSSR count). The van der Waals surface area contributed by atoms with Crippen LogP contribution in [0.2, 0.25) is 0 Å². The zero-order valence-corrected chi connectivity index (χ0v) is 18.4. The van der Waals surface area contributed by atoms with Crippen LogP contribution >= 0.6 is 0 Å². The van der Waals surface area contributed by atoms with Gasteiger partial charge in [-0.05, 0) is 32.6 Å². The van der Waals surface area contributed by atoms with E-state index in [2.05, 4.69) is 10.6 Å². The molecule has 1 heterocycles. The maximum atomic E-state index is 13.1. The fourth-order valence-electron chi connectivity index (χ4n) is 3.39. The first-order valence-electron chi connectivity index (χ1n) is 10.5. The number of carboxylic acids is 1. The Bertz CT molecular complexity index is 773. The Labute approximate surface area is 190 Å². The van der Waals surface area contributed by atoms with Crippen molar-refractivity contribution in [1.29, 1.82) is 0 Å². The molecular weight excluding hydrogens is 440 g/mol. The molecule has 1 aliphatic rings. The zero-order chi connectivity index (χ0) is 25.3. The summed E-state index contributed by atoms with van der Waals surface area (Å²) in [6.45, 7) is 1.35. The summed E-state index contributed by atoms with van der Waals surface area (Å²) < 4.78 is 0. The van der Waals surface area contributed by atoms with Gasteiger partial charge in [0.1, 0.15) is 12.1 Å². The number of nitrogens with zero attached hydrogens (tertiary/aromatic N) is 1. The Morgan fingerprint density at radius 1 is 1.03 bits per heavy atom. The molecule has 0 aromatic heterocycles. The minimum absolute atomic E-state index is 0.0530. The van der Waals surface area contributed by atoms with Crippen molar-refractivity contribution in [2.24, 2.45) is 17.2 Å². The lowest BCUT2D eigenvalue weighted by Crippen LogP contribution is -2.58. The van der Waals surface area contributed by atoms with Gasteiger partial charge in [0.15, 0.2) is 6.04 Å². The molecule has 10 N–H and O–H groups in total. The third kappa shape index (κ3) is 8.65. The number of nitrogens with one attached hydrogen (secondary N) is 2. The van der Waals surface area contributed by atoms with Gasteiger partial charge in [0.05, 0.1) is 12.1 Å². The highest BCUT2D eigenvalue weighted by molar-refractivity contribution is 5.95. The lowest BCUT2D eigenvalue weighted by atomic mass is 10.1. The molecule has 0 aromatic rings. The molecule has 186 valence electrons. The quantitative estimate of drug-likeness (QED) is 0.139. The summed E-state index contributed by atoms with van der Waals surface area (Å²) in [6, 6.07) is -4.97. The predicted molar refractivity (Wildman–Crippen MR) is 113 cm³/mol. The number of carbonyl (C=O) groups is 6. The van der Waals surface area contributed by atoms with Crippen molar-refractivity contribution in [1.82, 2.24) is 15.5 Å². The van der Waals surface area contributed by atoms with E-state index in [1.54, 1.807) is 0 Å². The number of aliphatic hydroxyl groups is 1. The molecule has 14 nitrogen and oxygen atoms in total. The highest BCUT2D eigenvalue weighted by atomic mass is 16.4. The lowest BCUT2D eigenvalue weighted by Gasteiger charge is -2.30. The summed E-state index contributed by atoms with van der Waals surface area (Å²) in [6.07, 6.45) is -1.29. The largest absolute Gasteiger partial charge is 0.480 e. The lowest BCUT2D eigenvalue weighted by molar-refractivity contribution is -0.147. The van der Waals surface area contributed by atoms with E-state index in [-0.39, 0.29) is 38.6 Å². The van der Waals surface area contributed by atoms with Crippen LogP contribution in [0.15, 0.2) is 0 Å². The number of carboxylic acid groups (broad SMARTS) is 1. The Morgan fingerprint density at radius 3 is 2.12 bits per heavy atom. The van der Waals surface area contributed by atoms with Crippen LogP contribution in [0.25, 0.3) is 0 Å². The number of hydrogen-bond acceptors (Lipinski definition) is 8. The summed E-state index contributed by atoms with van der Waals surface area (Å²) in [5.41, 5.74) is 15.9. The van der Waals surface area contributed by atoms with Crippen LogP contribution in [0.5, 0.6) is 0 Å². The molecule has 1 fully saturated rings. The van der Waals surface area contributed by atoms with E-state index in [1.807, 2.05) is 0 Å². The maximum Gasteiger partial charge on any atom is 0.328 e. The second-order valence-electron chi connectivity index (χ2n) is 7.93. The molecule has 0 saturated carbocycles. The minimum Gasteiger partial charge on any atom is -0.480 e. The van der Waals surface area contributed by atoms with Crippen LogP contribution in [0.3, 0.4) is 0 Å². The van der Waals surface area contributed by atoms with Crippen molar-refractivity contribution in [2.75, 3.05) is 6.54 Å². The standard InChI is InChI=1S/C19H32N6O8/c1-9(26)15(19(32)33)24-17(30)12-3-2-8-25(12)18(31)11(5-7-14(22)28)23-16(29)10(20)4-6-13(21)27/h9-12,15,26H,2-8,20H2,1H3,(H2,21,27)(H2,22,28)(H,23,29)(H,24,30)(H,32,33). The van der Waals surface area contributed by atoms with Gasteiger partial charge in [0.2, 0.25) is 29.5 Å². The van der Waals surface area contributed by atoms with Gasteiger partial charge < -0.3 is 42.9 Å². The first-order valence-corrected chi connectivity index (χ1v) is 10.5. The Balaban J connectivity index is 2.96. The van der Waals surface area contributed by atoms with E-state index < -0.39 is 65.8 Å². The normalized spacial score (nSPS) is 19.1. The summed E-state index contributed by atoms with van der Waals surface area (Å²) in [5, 5.41) is 23.4. The van der Waals surface area contributed by atoms with E-state index in [0.717, 1.165) is 0 Å². The second-order valence-corrected chi connectivity index (χ2v) is 7.93. The summed E-state index contributed by atoms with van der Waals surface area (Å²) >= 11 is 0. The van der Waals surface area contributed by atoms with Gasteiger partial charge >= 0.3 is 5.97 Å². The maximum absolute atomic E-state index is 13.1. The zero-order valence-electron chi connectivity index (χ0n) is 18.4. The number of rotatable bonds is 13. The van der Waals surface area contributed by atoms with Gasteiger partial charge in [-0.1, -0.05) is 0 Å². The molecule has 0 aromatic carbocycles. The fourth-order valence-corrected chi connectivity index (χ4v) is 3.39. The first kappa shape index (κ1) is 27.8. The third-order valence-electron chi connectivity index (χ3n) is 5.22. The Hall–Kier alpha value is -3.26. The summed E-state index contributed by atoms with van der Waals surface area (Å²) in [7, 11) is 0. The SMILES string of the molecule is CC(O)C(NC(=O)C1CCCN1C(=O)C(CCC(N)=O)NC(=O)C(N)CCC(N)=O)C(=O)O. The number of primary amides is 2. The van der Waals surface area contributed by atoms with E-state index in [0.29, 0.717) is 6.42 Å². The number of carbonyl (C=O) groups excluding carboxylic acids is 5. The van der Waals surface area contributed by atoms with Crippen molar-refractivity contribution in [2.45, 2.75) is 75.7 Å². The monoisotopic (exact) mass is 472 g/mol. The van der Waals surface area contributed by atoms with Crippen LogP contribution < -0.4 is 27.8 Å². The molecule has 0 bridgehead atoms. The second kappa shape index (κ2) is 12.7. The van der Waals surface area contributed by atoms with Gasteiger partial charge in [-0.3, -0.25) is 24.0 Å². The molecule has 0 aliphatic carbocycles. The number of likely N-dealkylation sites (tertiary alicyclic amines) is 1. The molecule has 0 radical (unpaired) electrons. The molecule has 1 aliphatic heterocycles. The fraction of sp³-hybridized carbons (Fsp3) is 0.684. The van der Waals surface area contributed by atoms with Crippen molar-refractivity contribution in [3.8, 4) is 0 Å². The average Bonchev–Trinajstić information content (AvgIpc) is 3.21. The van der Waals surface area contributed by atoms with Crippen LogP contribution in [0.1, 0.15) is 45.4 Å². The molecule has 5 unspecified atom stereocenters. The number of nitrogens with two attached hydrogens (primary N) is 3. The third-order valence-corrected chi connectivity index (χ3v) is 5.22. The topological polar surface area (TPSA) is 248 Å². The molecule has 14 heteroatoms. The highest BCUT2D eigenvalue weighted by Gasteiger charge is 2.39.